The maximum absolute atomic E-state index is 7.51. The minimum absolute atomic E-state index is 0.140. The molecule has 0 radical (unpaired) electrons. The van der Waals surface area contributed by atoms with Crippen molar-refractivity contribution < 1.29 is 4.42 Å². The standard InChI is InChI=1S/C68H47NO/c1-67(2)59-30-16-14-27-53(59)55-39-35-47(42-61(55)67)64-52-26-13-12-21-46(52)41-58-57-29-18-32-63(65(57)70-66(58)64)69(50-36-33-45(34-37-50)44-19-6-3-7-20-44)51-38-40-56-54-28-15-17-31-60(54)68(62(56)43-51,48-22-8-4-9-23-48)49-24-10-5-11-25-49/h3-43H,1-2H3. The number of fused-ring (bicyclic) bond motifs is 10. The zero-order chi connectivity index (χ0) is 46.6. The van der Waals surface area contributed by atoms with Crippen molar-refractivity contribution in [2.45, 2.75) is 24.7 Å². The first-order valence-corrected chi connectivity index (χ1v) is 24.4. The second kappa shape index (κ2) is 15.4. The van der Waals surface area contributed by atoms with Gasteiger partial charge in [0.1, 0.15) is 5.58 Å². The third-order valence-corrected chi connectivity index (χ3v) is 15.5. The van der Waals surface area contributed by atoms with Crippen LogP contribution >= 0.6 is 0 Å². The lowest BCUT2D eigenvalue weighted by Gasteiger charge is -2.35. The molecule has 330 valence electrons. The van der Waals surface area contributed by atoms with Crippen molar-refractivity contribution in [3.8, 4) is 44.5 Å². The number of rotatable bonds is 7. The fourth-order valence-corrected chi connectivity index (χ4v) is 12.3. The van der Waals surface area contributed by atoms with Crippen LogP contribution in [-0.2, 0) is 10.8 Å². The zero-order valence-corrected chi connectivity index (χ0v) is 39.0. The van der Waals surface area contributed by atoms with Crippen LogP contribution in [0.15, 0.2) is 253 Å². The van der Waals surface area contributed by atoms with Crippen molar-refractivity contribution in [2.24, 2.45) is 0 Å². The smallest absolute Gasteiger partial charge is 0.159 e. The first kappa shape index (κ1) is 40.4. The highest BCUT2D eigenvalue weighted by molar-refractivity contribution is 6.20. The summed E-state index contributed by atoms with van der Waals surface area (Å²) in [7, 11) is 0. The largest absolute Gasteiger partial charge is 0.453 e. The SMILES string of the molecule is CC1(C)c2ccccc2-c2ccc(-c3c4ccccc4cc4c3oc3c(N(c5ccc(-c6ccccc6)cc5)c5ccc6c(c5)C(c5ccccc5)(c5ccccc5)c5ccccc5-6)cccc34)cc21. The van der Waals surface area contributed by atoms with E-state index in [0.29, 0.717) is 0 Å². The Morgan fingerprint density at radius 1 is 0.343 bits per heavy atom. The maximum atomic E-state index is 7.51. The molecule has 2 heteroatoms. The monoisotopic (exact) mass is 893 g/mol. The molecule has 0 N–H and O–H groups in total. The second-order valence-electron chi connectivity index (χ2n) is 19.5. The summed E-state index contributed by atoms with van der Waals surface area (Å²) < 4.78 is 7.51. The molecule has 1 heterocycles. The van der Waals surface area contributed by atoms with Crippen molar-refractivity contribution in [3.63, 3.8) is 0 Å². The number of benzene rings is 11. The average molecular weight is 894 g/mol. The Balaban J connectivity index is 1.02. The van der Waals surface area contributed by atoms with E-state index in [1.165, 1.54) is 77.5 Å². The van der Waals surface area contributed by atoms with Crippen LogP contribution in [0.1, 0.15) is 47.2 Å². The van der Waals surface area contributed by atoms with E-state index in [-0.39, 0.29) is 5.41 Å². The van der Waals surface area contributed by atoms with Crippen molar-refractivity contribution in [2.75, 3.05) is 4.90 Å². The number of hydrogen-bond acceptors (Lipinski definition) is 2. The van der Waals surface area contributed by atoms with Gasteiger partial charge in [0.25, 0.3) is 0 Å². The van der Waals surface area contributed by atoms with Crippen LogP contribution < -0.4 is 4.90 Å². The Morgan fingerprint density at radius 2 is 0.886 bits per heavy atom. The van der Waals surface area contributed by atoms with E-state index in [1.807, 2.05) is 0 Å². The Hall–Kier alpha value is -8.72. The van der Waals surface area contributed by atoms with E-state index in [4.69, 9.17) is 4.42 Å². The van der Waals surface area contributed by atoms with Gasteiger partial charge in [-0.1, -0.05) is 220 Å². The van der Waals surface area contributed by atoms with Crippen molar-refractivity contribution >= 4 is 49.8 Å². The Labute approximate surface area is 408 Å². The predicted octanol–water partition coefficient (Wildman–Crippen LogP) is 18.2. The van der Waals surface area contributed by atoms with E-state index >= 15 is 0 Å². The highest BCUT2D eigenvalue weighted by Crippen LogP contribution is 2.58. The van der Waals surface area contributed by atoms with E-state index in [9.17, 15) is 0 Å². The van der Waals surface area contributed by atoms with E-state index in [1.54, 1.807) is 0 Å². The van der Waals surface area contributed by atoms with Gasteiger partial charge in [-0.3, -0.25) is 0 Å². The minimum Gasteiger partial charge on any atom is -0.453 e. The highest BCUT2D eigenvalue weighted by Gasteiger charge is 2.46. The van der Waals surface area contributed by atoms with Crippen molar-refractivity contribution in [1.29, 1.82) is 0 Å². The van der Waals surface area contributed by atoms with Crippen LogP contribution in [0.5, 0.6) is 0 Å². The normalized spacial score (nSPS) is 13.8. The van der Waals surface area contributed by atoms with Gasteiger partial charge in [-0.2, -0.15) is 0 Å². The molecular formula is C68H47NO. The quantitative estimate of drug-likeness (QED) is 0.158. The summed E-state index contributed by atoms with van der Waals surface area (Å²) >= 11 is 0. The van der Waals surface area contributed by atoms with Gasteiger partial charge in [-0.15, -0.1) is 0 Å². The van der Waals surface area contributed by atoms with Crippen LogP contribution in [-0.4, -0.2) is 0 Å². The van der Waals surface area contributed by atoms with Gasteiger partial charge >= 0.3 is 0 Å². The first-order valence-electron chi connectivity index (χ1n) is 24.4. The third kappa shape index (κ3) is 5.80. The lowest BCUT2D eigenvalue weighted by Crippen LogP contribution is -2.28. The molecule has 14 rings (SSSR count). The fourth-order valence-electron chi connectivity index (χ4n) is 12.3. The minimum atomic E-state index is -0.556. The summed E-state index contributed by atoms with van der Waals surface area (Å²) in [5, 5.41) is 4.54. The lowest BCUT2D eigenvalue weighted by molar-refractivity contribution is 0.660. The molecule has 0 spiro atoms. The Kier molecular flexibility index (Phi) is 8.88. The number of nitrogens with zero attached hydrogens (tertiary/aromatic N) is 1. The lowest BCUT2D eigenvalue weighted by atomic mass is 9.67. The van der Waals surface area contributed by atoms with Gasteiger partial charge in [0, 0.05) is 33.1 Å². The van der Waals surface area contributed by atoms with Gasteiger partial charge in [0.2, 0.25) is 0 Å². The van der Waals surface area contributed by atoms with Gasteiger partial charge in [-0.25, -0.2) is 0 Å². The molecule has 1 aromatic heterocycles. The van der Waals surface area contributed by atoms with Crippen molar-refractivity contribution in [3.05, 3.63) is 282 Å². The van der Waals surface area contributed by atoms with Gasteiger partial charge in [0.15, 0.2) is 5.58 Å². The molecule has 11 aromatic carbocycles. The topological polar surface area (TPSA) is 16.4 Å². The van der Waals surface area contributed by atoms with Crippen LogP contribution in [0.25, 0.3) is 77.2 Å². The molecule has 2 aliphatic carbocycles. The molecule has 2 nitrogen and oxygen atoms in total. The molecule has 0 fully saturated rings. The van der Waals surface area contributed by atoms with Crippen molar-refractivity contribution in [1.82, 2.24) is 0 Å². The van der Waals surface area contributed by atoms with Gasteiger partial charge < -0.3 is 9.32 Å². The molecule has 0 saturated carbocycles. The molecule has 70 heavy (non-hydrogen) atoms. The maximum Gasteiger partial charge on any atom is 0.159 e. The molecule has 0 unspecified atom stereocenters. The average Bonchev–Trinajstić information content (AvgIpc) is 4.02. The molecule has 0 bridgehead atoms. The van der Waals surface area contributed by atoms with E-state index in [2.05, 4.69) is 267 Å². The summed E-state index contributed by atoms with van der Waals surface area (Å²) in [6.07, 6.45) is 0. The summed E-state index contributed by atoms with van der Waals surface area (Å²) in [4.78, 5) is 2.41. The Bertz CT molecular complexity index is 3970. The van der Waals surface area contributed by atoms with Crippen LogP contribution in [0.4, 0.5) is 17.1 Å². The molecule has 2 aliphatic rings. The molecule has 0 atom stereocenters. The molecule has 0 amide bonds. The van der Waals surface area contributed by atoms with E-state index < -0.39 is 5.41 Å². The number of furan rings is 1. The summed E-state index contributed by atoms with van der Waals surface area (Å²) in [6, 6.07) is 91.6. The van der Waals surface area contributed by atoms with Gasteiger partial charge in [-0.05, 0) is 126 Å². The first-order chi connectivity index (χ1) is 34.5. The third-order valence-electron chi connectivity index (χ3n) is 15.5. The summed E-state index contributed by atoms with van der Waals surface area (Å²) in [5.41, 5.74) is 21.6. The van der Waals surface area contributed by atoms with Crippen LogP contribution in [0.3, 0.4) is 0 Å². The fraction of sp³-hybridized carbons (Fsp3) is 0.0588. The summed E-state index contributed by atoms with van der Waals surface area (Å²) in [5.74, 6) is 0. The van der Waals surface area contributed by atoms with Crippen LogP contribution in [0.2, 0.25) is 0 Å². The Morgan fingerprint density at radius 3 is 1.63 bits per heavy atom. The van der Waals surface area contributed by atoms with E-state index in [0.717, 1.165) is 50.1 Å². The zero-order valence-electron chi connectivity index (χ0n) is 39.0. The second-order valence-corrected chi connectivity index (χ2v) is 19.5. The predicted molar refractivity (Wildman–Crippen MR) is 292 cm³/mol. The number of para-hydroxylation sites is 1. The molecule has 0 aliphatic heterocycles. The number of anilines is 3. The summed E-state index contributed by atoms with van der Waals surface area (Å²) in [6.45, 7) is 4.71. The molecule has 0 saturated heterocycles. The van der Waals surface area contributed by atoms with Crippen LogP contribution in [0, 0.1) is 0 Å². The highest BCUT2D eigenvalue weighted by atomic mass is 16.3. The number of hydrogen-bond donors (Lipinski definition) is 0. The molecule has 12 aromatic rings. The van der Waals surface area contributed by atoms with Gasteiger partial charge in [0.05, 0.1) is 11.1 Å². The molecular weight excluding hydrogens is 847 g/mol.